The van der Waals surface area contributed by atoms with Crippen LogP contribution < -0.4 is 5.73 Å². The summed E-state index contributed by atoms with van der Waals surface area (Å²) < 4.78 is 0. The van der Waals surface area contributed by atoms with Crippen molar-refractivity contribution in [1.29, 1.82) is 0 Å². The van der Waals surface area contributed by atoms with Crippen LogP contribution in [0.4, 0.5) is 4.79 Å². The molecular formula is C18H21N3O2. The van der Waals surface area contributed by atoms with Gasteiger partial charge < -0.3 is 15.7 Å². The van der Waals surface area contributed by atoms with Crippen LogP contribution in [0.3, 0.4) is 0 Å². The maximum absolute atomic E-state index is 11.4. The van der Waals surface area contributed by atoms with E-state index in [1.165, 1.54) is 4.90 Å². The Kier molecular flexibility index (Phi) is 4.57. The van der Waals surface area contributed by atoms with Gasteiger partial charge in [-0.05, 0) is 25.0 Å². The van der Waals surface area contributed by atoms with Gasteiger partial charge in [0.2, 0.25) is 0 Å². The fraction of sp³-hybridized carbons (Fsp3) is 0.333. The molecule has 1 aliphatic rings. The third kappa shape index (κ3) is 3.51. The summed E-state index contributed by atoms with van der Waals surface area (Å²) in [5.41, 5.74) is 9.00. The molecule has 0 spiro atoms. The van der Waals surface area contributed by atoms with Gasteiger partial charge in [0.15, 0.2) is 0 Å². The number of piperidine rings is 1. The summed E-state index contributed by atoms with van der Waals surface area (Å²) in [5, 5.41) is 9.39. The molecule has 1 aromatic heterocycles. The van der Waals surface area contributed by atoms with Crippen molar-refractivity contribution in [3.8, 4) is 11.3 Å². The summed E-state index contributed by atoms with van der Waals surface area (Å²) in [5.74, 6) is 0. The molecule has 1 amide bonds. The van der Waals surface area contributed by atoms with E-state index < -0.39 is 6.09 Å². The molecule has 0 unspecified atom stereocenters. The number of aromatic nitrogens is 1. The number of nitrogens with two attached hydrogens (primary N) is 1. The van der Waals surface area contributed by atoms with Crippen LogP contribution in [0.5, 0.6) is 0 Å². The molecule has 5 heteroatoms. The molecule has 23 heavy (non-hydrogen) atoms. The zero-order valence-corrected chi connectivity index (χ0v) is 12.9. The average Bonchev–Trinajstić information content (AvgIpc) is 2.57. The Balaban J connectivity index is 1.83. The molecule has 3 rings (SSSR count). The highest BCUT2D eigenvalue weighted by Gasteiger charge is 2.32. The Morgan fingerprint density at radius 2 is 2.00 bits per heavy atom. The molecule has 0 saturated carbocycles. The summed E-state index contributed by atoms with van der Waals surface area (Å²) in [4.78, 5) is 17.6. The van der Waals surface area contributed by atoms with Crippen molar-refractivity contribution in [2.24, 2.45) is 5.73 Å². The van der Waals surface area contributed by atoms with E-state index in [9.17, 15) is 9.90 Å². The van der Waals surface area contributed by atoms with E-state index in [1.807, 2.05) is 48.5 Å². The second kappa shape index (κ2) is 6.79. The normalized spacial score (nSPS) is 21.2. The summed E-state index contributed by atoms with van der Waals surface area (Å²) in [6, 6.07) is 15.5. The quantitative estimate of drug-likeness (QED) is 0.913. The van der Waals surface area contributed by atoms with Crippen LogP contribution in [0.1, 0.15) is 18.5 Å². The number of likely N-dealkylation sites (tertiary alicyclic amines) is 1. The van der Waals surface area contributed by atoms with Gasteiger partial charge in [-0.15, -0.1) is 0 Å². The molecule has 2 heterocycles. The van der Waals surface area contributed by atoms with Gasteiger partial charge in [0, 0.05) is 30.3 Å². The molecule has 2 atom stereocenters. The van der Waals surface area contributed by atoms with Gasteiger partial charge in [0.1, 0.15) is 0 Å². The third-order valence-corrected chi connectivity index (χ3v) is 4.37. The summed E-state index contributed by atoms with van der Waals surface area (Å²) in [6.45, 7) is 0.548. The van der Waals surface area contributed by atoms with Crippen molar-refractivity contribution in [2.75, 3.05) is 6.54 Å². The van der Waals surface area contributed by atoms with Gasteiger partial charge in [-0.25, -0.2) is 4.79 Å². The number of hydrogen-bond donors (Lipinski definition) is 2. The van der Waals surface area contributed by atoms with E-state index in [4.69, 9.17) is 10.7 Å². The standard InChI is InChI=1S/C18H21N3O2/c19-15-9-5-11-21(18(22)23)17(15)12-14-8-4-10-16(20-14)13-6-2-1-3-7-13/h1-4,6-8,10,15,17H,5,9,11-12,19H2,(H,22,23)/t15-,17-/m1/s1. The largest absolute Gasteiger partial charge is 0.465 e. The number of nitrogens with zero attached hydrogens (tertiary/aromatic N) is 2. The number of pyridine rings is 1. The zero-order valence-electron chi connectivity index (χ0n) is 12.9. The van der Waals surface area contributed by atoms with E-state index in [0.29, 0.717) is 13.0 Å². The van der Waals surface area contributed by atoms with Crippen LogP contribution in [0.2, 0.25) is 0 Å². The Morgan fingerprint density at radius 1 is 1.22 bits per heavy atom. The van der Waals surface area contributed by atoms with Crippen molar-refractivity contribution in [2.45, 2.75) is 31.3 Å². The van der Waals surface area contributed by atoms with Crippen LogP contribution in [0.15, 0.2) is 48.5 Å². The van der Waals surface area contributed by atoms with E-state index in [-0.39, 0.29) is 12.1 Å². The molecule has 0 aliphatic carbocycles. The van der Waals surface area contributed by atoms with Crippen molar-refractivity contribution in [1.82, 2.24) is 9.88 Å². The maximum Gasteiger partial charge on any atom is 0.407 e. The van der Waals surface area contributed by atoms with Crippen molar-refractivity contribution >= 4 is 6.09 Å². The summed E-state index contributed by atoms with van der Waals surface area (Å²) in [6.07, 6.45) is 1.33. The lowest BCUT2D eigenvalue weighted by molar-refractivity contribution is 0.0971. The maximum atomic E-state index is 11.4. The first kappa shape index (κ1) is 15.5. The van der Waals surface area contributed by atoms with Gasteiger partial charge in [0.05, 0.1) is 11.7 Å². The minimum atomic E-state index is -0.899. The van der Waals surface area contributed by atoms with E-state index in [2.05, 4.69) is 0 Å². The lowest BCUT2D eigenvalue weighted by Gasteiger charge is -2.37. The van der Waals surface area contributed by atoms with Crippen LogP contribution in [0.25, 0.3) is 11.3 Å². The molecule has 3 N–H and O–H groups in total. The second-order valence-corrected chi connectivity index (χ2v) is 5.93. The molecule has 0 radical (unpaired) electrons. The van der Waals surface area contributed by atoms with Crippen LogP contribution in [0, 0.1) is 0 Å². The Hall–Kier alpha value is -2.40. The Morgan fingerprint density at radius 3 is 2.74 bits per heavy atom. The third-order valence-electron chi connectivity index (χ3n) is 4.37. The summed E-state index contributed by atoms with van der Waals surface area (Å²) >= 11 is 0. The predicted molar refractivity (Wildman–Crippen MR) is 89.1 cm³/mol. The monoisotopic (exact) mass is 311 g/mol. The van der Waals surface area contributed by atoms with Gasteiger partial charge in [-0.1, -0.05) is 36.4 Å². The smallest absolute Gasteiger partial charge is 0.407 e. The fourth-order valence-corrected chi connectivity index (χ4v) is 3.16. The minimum absolute atomic E-state index is 0.137. The van der Waals surface area contributed by atoms with Crippen LogP contribution in [-0.4, -0.2) is 39.7 Å². The molecule has 5 nitrogen and oxygen atoms in total. The Bertz CT molecular complexity index is 675. The Labute approximate surface area is 135 Å². The fourth-order valence-electron chi connectivity index (χ4n) is 3.16. The second-order valence-electron chi connectivity index (χ2n) is 5.93. The molecule has 1 aliphatic heterocycles. The first-order chi connectivity index (χ1) is 11.1. The molecule has 2 aromatic rings. The molecule has 1 fully saturated rings. The highest BCUT2D eigenvalue weighted by atomic mass is 16.4. The first-order valence-corrected chi connectivity index (χ1v) is 7.91. The zero-order chi connectivity index (χ0) is 16.2. The minimum Gasteiger partial charge on any atom is -0.465 e. The van der Waals surface area contributed by atoms with E-state index in [1.54, 1.807) is 0 Å². The summed E-state index contributed by atoms with van der Waals surface area (Å²) in [7, 11) is 0. The predicted octanol–water partition coefficient (Wildman–Crippen LogP) is 2.76. The molecule has 120 valence electrons. The van der Waals surface area contributed by atoms with Gasteiger partial charge >= 0.3 is 6.09 Å². The highest BCUT2D eigenvalue weighted by Crippen LogP contribution is 2.22. The lowest BCUT2D eigenvalue weighted by atomic mass is 9.93. The topological polar surface area (TPSA) is 79.5 Å². The highest BCUT2D eigenvalue weighted by molar-refractivity contribution is 5.66. The molecular weight excluding hydrogens is 290 g/mol. The number of carboxylic acid groups (broad SMARTS) is 1. The van der Waals surface area contributed by atoms with Crippen molar-refractivity contribution in [3.63, 3.8) is 0 Å². The number of amides is 1. The SMILES string of the molecule is N[C@@H]1CCCN(C(=O)O)[C@@H]1Cc1cccc(-c2ccccc2)n1. The van der Waals surface area contributed by atoms with Crippen LogP contribution >= 0.6 is 0 Å². The molecule has 1 saturated heterocycles. The number of carbonyl (C=O) groups is 1. The molecule has 0 bridgehead atoms. The number of hydrogen-bond acceptors (Lipinski definition) is 3. The van der Waals surface area contributed by atoms with E-state index in [0.717, 1.165) is 29.8 Å². The van der Waals surface area contributed by atoms with Gasteiger partial charge in [0.25, 0.3) is 0 Å². The van der Waals surface area contributed by atoms with Crippen molar-refractivity contribution in [3.05, 3.63) is 54.2 Å². The van der Waals surface area contributed by atoms with Crippen LogP contribution in [-0.2, 0) is 6.42 Å². The number of rotatable bonds is 3. The molecule has 1 aromatic carbocycles. The van der Waals surface area contributed by atoms with Crippen molar-refractivity contribution < 1.29 is 9.90 Å². The van der Waals surface area contributed by atoms with E-state index >= 15 is 0 Å². The number of benzene rings is 1. The average molecular weight is 311 g/mol. The van der Waals surface area contributed by atoms with Gasteiger partial charge in [-0.2, -0.15) is 0 Å². The van der Waals surface area contributed by atoms with Gasteiger partial charge in [-0.3, -0.25) is 4.98 Å². The first-order valence-electron chi connectivity index (χ1n) is 7.91. The lowest BCUT2D eigenvalue weighted by Crippen LogP contribution is -2.55.